The number of carbonyl (C=O) groups excluding carboxylic acids is 2. The van der Waals surface area contributed by atoms with Gasteiger partial charge in [-0.3, -0.25) is 9.63 Å². The molecule has 0 aliphatic heterocycles. The van der Waals surface area contributed by atoms with Gasteiger partial charge in [-0.25, -0.2) is 15.1 Å². The summed E-state index contributed by atoms with van der Waals surface area (Å²) in [7, 11) is 0. The van der Waals surface area contributed by atoms with Gasteiger partial charge in [0, 0.05) is 5.92 Å². The Kier molecular flexibility index (Phi) is 6.23. The zero-order chi connectivity index (χ0) is 24.6. The lowest BCUT2D eigenvalue weighted by atomic mass is 9.91. The second kappa shape index (κ2) is 9.34. The first-order chi connectivity index (χ1) is 16.9. The zero-order valence-electron chi connectivity index (χ0n) is 19.7. The Morgan fingerprint density at radius 2 is 1.60 bits per heavy atom. The molecular weight excluding hydrogens is 448 g/mol. The van der Waals surface area contributed by atoms with Crippen molar-refractivity contribution in [2.45, 2.75) is 56.6 Å². The number of alkyl carbamates (subject to hydrolysis) is 1. The number of aliphatic carboxylic acids is 1. The highest BCUT2D eigenvalue weighted by atomic mass is 16.7. The van der Waals surface area contributed by atoms with Gasteiger partial charge in [-0.15, -0.1) is 0 Å². The van der Waals surface area contributed by atoms with Crippen molar-refractivity contribution < 1.29 is 29.1 Å². The smallest absolute Gasteiger partial charge is 0.407 e. The average molecular weight is 479 g/mol. The van der Waals surface area contributed by atoms with E-state index in [1.54, 1.807) is 0 Å². The van der Waals surface area contributed by atoms with Crippen molar-refractivity contribution in [3.63, 3.8) is 0 Å². The number of carbonyl (C=O) groups is 3. The van der Waals surface area contributed by atoms with Crippen LogP contribution in [-0.4, -0.2) is 41.3 Å². The summed E-state index contributed by atoms with van der Waals surface area (Å²) < 4.78 is 5.67. The van der Waals surface area contributed by atoms with Crippen molar-refractivity contribution in [1.82, 2.24) is 10.8 Å². The van der Waals surface area contributed by atoms with Crippen molar-refractivity contribution in [2.75, 3.05) is 6.61 Å². The van der Waals surface area contributed by atoms with Crippen molar-refractivity contribution >= 4 is 18.0 Å². The van der Waals surface area contributed by atoms with E-state index in [0.29, 0.717) is 0 Å². The first kappa shape index (κ1) is 23.4. The summed E-state index contributed by atoms with van der Waals surface area (Å²) >= 11 is 0. The number of fused-ring (bicyclic) bond motifs is 3. The summed E-state index contributed by atoms with van der Waals surface area (Å²) in [4.78, 5) is 41.9. The summed E-state index contributed by atoms with van der Waals surface area (Å²) in [6.45, 7) is 2.01. The predicted molar refractivity (Wildman–Crippen MR) is 127 cm³/mol. The van der Waals surface area contributed by atoms with Gasteiger partial charge in [0.1, 0.15) is 6.61 Å². The van der Waals surface area contributed by atoms with Crippen molar-refractivity contribution in [3.8, 4) is 11.1 Å². The number of amides is 2. The number of carboxylic acid groups (broad SMARTS) is 1. The Morgan fingerprint density at radius 1 is 1.00 bits per heavy atom. The van der Waals surface area contributed by atoms with Gasteiger partial charge in [-0.1, -0.05) is 48.5 Å². The van der Waals surface area contributed by atoms with E-state index in [9.17, 15) is 19.5 Å². The van der Waals surface area contributed by atoms with Crippen LogP contribution in [0.5, 0.6) is 0 Å². The fraction of sp³-hybridized carbons (Fsp3) is 0.444. The van der Waals surface area contributed by atoms with Gasteiger partial charge in [-0.2, -0.15) is 0 Å². The first-order valence-corrected chi connectivity index (χ1v) is 12.2. The third kappa shape index (κ3) is 5.03. The maximum atomic E-state index is 12.8. The lowest BCUT2D eigenvalue weighted by Gasteiger charge is -2.30. The SMILES string of the molecule is CC(CC(=O)NOC(C(=O)O)C1CC1)(NC(=O)OCC1c2ccccc2-c2ccccc21)C1CC1. The molecule has 184 valence electrons. The predicted octanol–water partition coefficient (Wildman–Crippen LogP) is 3.99. The van der Waals surface area contributed by atoms with Crippen LogP contribution in [0.1, 0.15) is 56.1 Å². The third-order valence-electron chi connectivity index (χ3n) is 7.33. The molecule has 0 bridgehead atoms. The van der Waals surface area contributed by atoms with Gasteiger partial charge in [0.2, 0.25) is 5.91 Å². The van der Waals surface area contributed by atoms with Crippen LogP contribution in [0.15, 0.2) is 48.5 Å². The average Bonchev–Trinajstić information content (AvgIpc) is 3.74. The quantitative estimate of drug-likeness (QED) is 0.445. The van der Waals surface area contributed by atoms with Crippen LogP contribution in [0.25, 0.3) is 11.1 Å². The number of hydrogen-bond donors (Lipinski definition) is 3. The van der Waals surface area contributed by atoms with E-state index in [4.69, 9.17) is 9.57 Å². The Hall–Kier alpha value is -3.39. The van der Waals surface area contributed by atoms with E-state index in [1.165, 1.54) is 0 Å². The molecule has 0 heterocycles. The largest absolute Gasteiger partial charge is 0.479 e. The molecule has 2 amide bonds. The number of nitrogens with one attached hydrogen (secondary N) is 2. The summed E-state index contributed by atoms with van der Waals surface area (Å²) in [5, 5.41) is 12.2. The van der Waals surface area contributed by atoms with Gasteiger partial charge >= 0.3 is 12.1 Å². The van der Waals surface area contributed by atoms with Crippen LogP contribution >= 0.6 is 0 Å². The molecule has 8 heteroatoms. The lowest BCUT2D eigenvalue weighted by molar-refractivity contribution is -0.162. The number of rotatable bonds is 10. The van der Waals surface area contributed by atoms with Gasteiger partial charge in [0.25, 0.3) is 0 Å². The molecule has 2 saturated carbocycles. The Balaban J connectivity index is 1.19. The maximum absolute atomic E-state index is 12.8. The molecule has 0 saturated heterocycles. The second-order valence-electron chi connectivity index (χ2n) is 10.1. The Morgan fingerprint density at radius 3 is 2.14 bits per heavy atom. The van der Waals surface area contributed by atoms with E-state index in [-0.39, 0.29) is 30.8 Å². The summed E-state index contributed by atoms with van der Waals surface area (Å²) in [5.74, 6) is -1.53. The van der Waals surface area contributed by atoms with E-state index < -0.39 is 29.6 Å². The highest BCUT2D eigenvalue weighted by molar-refractivity contribution is 5.80. The van der Waals surface area contributed by atoms with Gasteiger partial charge < -0.3 is 15.2 Å². The monoisotopic (exact) mass is 478 g/mol. The molecule has 2 atom stereocenters. The van der Waals surface area contributed by atoms with Crippen LogP contribution < -0.4 is 10.8 Å². The molecule has 3 aliphatic carbocycles. The minimum Gasteiger partial charge on any atom is -0.479 e. The van der Waals surface area contributed by atoms with Crippen LogP contribution in [0, 0.1) is 11.8 Å². The molecule has 0 aromatic heterocycles. The van der Waals surface area contributed by atoms with E-state index >= 15 is 0 Å². The minimum absolute atomic E-state index is 0.0289. The lowest BCUT2D eigenvalue weighted by Crippen LogP contribution is -2.51. The van der Waals surface area contributed by atoms with E-state index in [1.807, 2.05) is 31.2 Å². The number of carboxylic acids is 1. The van der Waals surface area contributed by atoms with Gasteiger partial charge in [0.05, 0.1) is 12.0 Å². The fourth-order valence-electron chi connectivity index (χ4n) is 5.12. The van der Waals surface area contributed by atoms with E-state index in [0.717, 1.165) is 47.9 Å². The third-order valence-corrected chi connectivity index (χ3v) is 7.33. The summed E-state index contributed by atoms with van der Waals surface area (Å²) in [6.07, 6.45) is 1.70. The highest BCUT2D eigenvalue weighted by Crippen LogP contribution is 2.45. The highest BCUT2D eigenvalue weighted by Gasteiger charge is 2.45. The molecule has 8 nitrogen and oxygen atoms in total. The molecule has 3 N–H and O–H groups in total. The number of hydrogen-bond acceptors (Lipinski definition) is 5. The molecule has 3 aliphatic rings. The number of benzene rings is 2. The molecule has 0 radical (unpaired) electrons. The molecule has 2 aromatic rings. The van der Waals surface area contributed by atoms with Crippen molar-refractivity contribution in [3.05, 3.63) is 59.7 Å². The molecule has 0 spiro atoms. The minimum atomic E-state index is -1.09. The summed E-state index contributed by atoms with van der Waals surface area (Å²) in [6, 6.07) is 16.3. The van der Waals surface area contributed by atoms with Crippen LogP contribution in [0.2, 0.25) is 0 Å². The van der Waals surface area contributed by atoms with Crippen LogP contribution in [0.4, 0.5) is 4.79 Å². The second-order valence-corrected chi connectivity index (χ2v) is 10.1. The molecule has 5 rings (SSSR count). The van der Waals surface area contributed by atoms with Crippen LogP contribution in [-0.2, 0) is 19.2 Å². The normalized spacial score (nSPS) is 19.1. The Labute approximate surface area is 204 Å². The standard InChI is InChI=1S/C27H30N2O6/c1-27(17-12-13-17,14-23(30)29-35-24(25(31)32)16-10-11-16)28-26(33)34-15-22-20-8-4-2-6-18(20)19-7-3-5-9-21(19)22/h2-9,16-17,22,24H,10-15H2,1H3,(H,28,33)(H,29,30)(H,31,32). The molecular formula is C27H30N2O6. The fourth-order valence-corrected chi connectivity index (χ4v) is 5.12. The zero-order valence-corrected chi connectivity index (χ0v) is 19.7. The first-order valence-electron chi connectivity index (χ1n) is 12.2. The number of hydroxylamine groups is 1. The van der Waals surface area contributed by atoms with Crippen molar-refractivity contribution in [2.24, 2.45) is 11.8 Å². The van der Waals surface area contributed by atoms with Gasteiger partial charge in [0.15, 0.2) is 6.10 Å². The molecule has 2 unspecified atom stereocenters. The molecule has 35 heavy (non-hydrogen) atoms. The Bertz CT molecular complexity index is 1100. The summed E-state index contributed by atoms with van der Waals surface area (Å²) in [5.41, 5.74) is 6.05. The van der Waals surface area contributed by atoms with Crippen LogP contribution in [0.3, 0.4) is 0 Å². The maximum Gasteiger partial charge on any atom is 0.407 e. The van der Waals surface area contributed by atoms with Gasteiger partial charge in [-0.05, 0) is 66.7 Å². The van der Waals surface area contributed by atoms with E-state index in [2.05, 4.69) is 35.1 Å². The topological polar surface area (TPSA) is 114 Å². The molecule has 2 fully saturated rings. The number of ether oxygens (including phenoxy) is 1. The molecule has 2 aromatic carbocycles. The van der Waals surface area contributed by atoms with Crippen molar-refractivity contribution in [1.29, 1.82) is 0 Å².